The van der Waals surface area contributed by atoms with Crippen molar-refractivity contribution in [1.82, 2.24) is 9.80 Å². The number of benzene rings is 2. The van der Waals surface area contributed by atoms with Gasteiger partial charge in [0.05, 0.1) is 37.2 Å². The zero-order valence-electron chi connectivity index (χ0n) is 24.8. The Morgan fingerprint density at radius 1 is 0.977 bits per heavy atom. The predicted octanol–water partition coefficient (Wildman–Crippen LogP) is 3.18. The maximum absolute atomic E-state index is 14.6. The number of carbonyl (C=O) groups excluding carboxylic acids is 3. The summed E-state index contributed by atoms with van der Waals surface area (Å²) in [7, 11) is 0. The first kappa shape index (κ1) is 29.1. The minimum atomic E-state index is -1.35. The summed E-state index contributed by atoms with van der Waals surface area (Å²) in [6, 6.07) is 15.4. The Kier molecular flexibility index (Phi) is 7.87. The van der Waals surface area contributed by atoms with Crippen molar-refractivity contribution in [1.29, 1.82) is 0 Å². The molecule has 0 radical (unpaired) electrons. The van der Waals surface area contributed by atoms with Crippen LogP contribution < -0.4 is 9.64 Å². The first-order chi connectivity index (χ1) is 20.8. The van der Waals surface area contributed by atoms with E-state index in [4.69, 9.17) is 9.47 Å². The van der Waals surface area contributed by atoms with Gasteiger partial charge in [-0.1, -0.05) is 68.5 Å². The second kappa shape index (κ2) is 11.6. The third-order valence-corrected chi connectivity index (χ3v) is 9.17. The number of ether oxygens (including phenoxy) is 2. The molecule has 0 aliphatic carbocycles. The lowest BCUT2D eigenvalue weighted by Crippen LogP contribution is -2.59. The van der Waals surface area contributed by atoms with Gasteiger partial charge in [0.15, 0.2) is 0 Å². The smallest absolute Gasteiger partial charge is 0.249 e. The molecule has 6 rings (SSSR count). The van der Waals surface area contributed by atoms with Crippen LogP contribution in [0.1, 0.15) is 26.3 Å². The first-order valence-corrected chi connectivity index (χ1v) is 15.1. The van der Waals surface area contributed by atoms with Crippen LogP contribution in [0.3, 0.4) is 0 Å². The van der Waals surface area contributed by atoms with E-state index in [1.807, 2.05) is 99.7 Å². The number of amides is 3. The number of carbonyl (C=O) groups is 3. The van der Waals surface area contributed by atoms with Crippen molar-refractivity contribution in [2.45, 2.75) is 51.1 Å². The lowest BCUT2D eigenvalue weighted by atomic mass is 9.77. The Balaban J connectivity index is 1.41. The molecule has 1 spiro atoms. The van der Waals surface area contributed by atoms with Gasteiger partial charge in [0.1, 0.15) is 17.4 Å². The van der Waals surface area contributed by atoms with Crippen molar-refractivity contribution in [3.63, 3.8) is 0 Å². The van der Waals surface area contributed by atoms with Crippen LogP contribution in [0, 0.1) is 17.8 Å². The van der Waals surface area contributed by atoms with Crippen LogP contribution in [0.15, 0.2) is 78.9 Å². The number of aliphatic hydroxyl groups is 1. The molecule has 6 atom stereocenters. The number of aliphatic hydroxyl groups excluding tert-OH is 1. The highest BCUT2D eigenvalue weighted by atomic mass is 16.5. The Bertz CT molecular complexity index is 1420. The van der Waals surface area contributed by atoms with E-state index in [-0.39, 0.29) is 30.2 Å². The molecule has 2 fully saturated rings. The molecule has 2 saturated heterocycles. The largest absolute Gasteiger partial charge is 0.494 e. The lowest BCUT2D eigenvalue weighted by molar-refractivity contribution is -0.151. The quantitative estimate of drug-likeness (QED) is 0.478. The molecular weight excluding hydrogens is 546 g/mol. The molecule has 3 amide bonds. The van der Waals surface area contributed by atoms with Crippen LogP contribution in [0.25, 0.3) is 0 Å². The normalized spacial score (nSPS) is 29.0. The van der Waals surface area contributed by atoms with E-state index in [0.29, 0.717) is 37.7 Å². The monoisotopic (exact) mass is 585 g/mol. The third kappa shape index (κ3) is 4.84. The van der Waals surface area contributed by atoms with Crippen LogP contribution in [-0.2, 0) is 25.7 Å². The highest BCUT2D eigenvalue weighted by Crippen LogP contribution is 2.54. The maximum atomic E-state index is 14.6. The van der Waals surface area contributed by atoms with E-state index >= 15 is 0 Å². The van der Waals surface area contributed by atoms with E-state index < -0.39 is 35.6 Å². The molecule has 9 heteroatoms. The summed E-state index contributed by atoms with van der Waals surface area (Å²) >= 11 is 0. The maximum Gasteiger partial charge on any atom is 0.249 e. The summed E-state index contributed by atoms with van der Waals surface area (Å²) < 4.78 is 12.3. The van der Waals surface area contributed by atoms with Crippen LogP contribution in [0.2, 0.25) is 0 Å². The molecule has 4 aliphatic heterocycles. The van der Waals surface area contributed by atoms with Gasteiger partial charge in [-0.3, -0.25) is 14.4 Å². The molecule has 9 nitrogen and oxygen atoms in total. The van der Waals surface area contributed by atoms with Gasteiger partial charge >= 0.3 is 0 Å². The summed E-state index contributed by atoms with van der Waals surface area (Å²) in [5, 5.41) is 10.5. The molecule has 1 N–H and O–H groups in total. The standard InChI is InChI=1S/C34H39N3O6/c1-4-42-25-15-13-24(14-16-25)36-19-8-12-27-28(31(36)39)29-32(40)37(26(21-38)22(2)3)30-33(41)35(18-9-17-34(29,30)43-27)20-23-10-6-5-7-11-23/h5-17,22,26-30,38H,4,18-21H2,1-3H3/t26-,27-,28+,29-,30?,34-/m0/s1. The fourth-order valence-corrected chi connectivity index (χ4v) is 7.17. The summed E-state index contributed by atoms with van der Waals surface area (Å²) in [5.74, 6) is -2.00. The number of fused-ring (bicyclic) bond motifs is 2. The summed E-state index contributed by atoms with van der Waals surface area (Å²) in [6.45, 7) is 7.02. The van der Waals surface area contributed by atoms with E-state index in [2.05, 4.69) is 0 Å². The van der Waals surface area contributed by atoms with Crippen LogP contribution >= 0.6 is 0 Å². The molecule has 2 aromatic rings. The van der Waals surface area contributed by atoms with Gasteiger partial charge < -0.3 is 29.3 Å². The molecule has 43 heavy (non-hydrogen) atoms. The van der Waals surface area contributed by atoms with Gasteiger partial charge in [-0.25, -0.2) is 0 Å². The zero-order chi connectivity index (χ0) is 30.3. The highest BCUT2D eigenvalue weighted by molar-refractivity contribution is 6.04. The van der Waals surface area contributed by atoms with Crippen LogP contribution in [0.5, 0.6) is 5.75 Å². The summed E-state index contributed by atoms with van der Waals surface area (Å²) in [5.41, 5.74) is 0.311. The molecule has 0 bridgehead atoms. The topological polar surface area (TPSA) is 99.6 Å². The number of nitrogens with zero attached hydrogens (tertiary/aromatic N) is 3. The van der Waals surface area contributed by atoms with Gasteiger partial charge in [0.25, 0.3) is 0 Å². The highest BCUT2D eigenvalue weighted by Gasteiger charge is 2.72. The number of hydrogen-bond acceptors (Lipinski definition) is 6. The third-order valence-electron chi connectivity index (χ3n) is 9.17. The molecule has 4 heterocycles. The van der Waals surface area contributed by atoms with Crippen LogP contribution in [0.4, 0.5) is 5.69 Å². The molecule has 0 saturated carbocycles. The Morgan fingerprint density at radius 2 is 1.72 bits per heavy atom. The van der Waals surface area contributed by atoms with E-state index in [1.54, 1.807) is 9.80 Å². The van der Waals surface area contributed by atoms with E-state index in [1.165, 1.54) is 4.90 Å². The van der Waals surface area contributed by atoms with Crippen LogP contribution in [-0.4, -0.2) is 82.7 Å². The fourth-order valence-electron chi connectivity index (χ4n) is 7.17. The zero-order valence-corrected chi connectivity index (χ0v) is 24.8. The average molecular weight is 586 g/mol. The minimum Gasteiger partial charge on any atom is -0.494 e. The second-order valence-electron chi connectivity index (χ2n) is 12.0. The fraction of sp³-hybridized carbons (Fsp3) is 0.441. The summed E-state index contributed by atoms with van der Waals surface area (Å²) in [4.78, 5) is 48.4. The van der Waals surface area contributed by atoms with Crippen molar-refractivity contribution < 1.29 is 29.0 Å². The Morgan fingerprint density at radius 3 is 2.40 bits per heavy atom. The predicted molar refractivity (Wildman–Crippen MR) is 161 cm³/mol. The second-order valence-corrected chi connectivity index (χ2v) is 12.0. The molecule has 0 aromatic heterocycles. The molecule has 226 valence electrons. The van der Waals surface area contributed by atoms with Crippen molar-refractivity contribution in [3.05, 3.63) is 84.5 Å². The number of likely N-dealkylation sites (tertiary alicyclic amines) is 1. The lowest BCUT2D eigenvalue weighted by Gasteiger charge is -2.39. The van der Waals surface area contributed by atoms with Gasteiger partial charge in [-0.2, -0.15) is 0 Å². The van der Waals surface area contributed by atoms with Crippen molar-refractivity contribution in [2.75, 3.05) is 31.2 Å². The van der Waals surface area contributed by atoms with Gasteiger partial charge in [0.2, 0.25) is 17.7 Å². The Hall–Kier alpha value is -3.95. The van der Waals surface area contributed by atoms with Crippen molar-refractivity contribution in [3.8, 4) is 5.75 Å². The van der Waals surface area contributed by atoms with Gasteiger partial charge in [-0.05, 0) is 42.7 Å². The van der Waals surface area contributed by atoms with Crippen molar-refractivity contribution >= 4 is 23.4 Å². The van der Waals surface area contributed by atoms with E-state index in [0.717, 1.165) is 5.56 Å². The Labute approximate surface area is 252 Å². The molecule has 1 unspecified atom stereocenters. The van der Waals surface area contributed by atoms with Gasteiger partial charge in [-0.15, -0.1) is 0 Å². The van der Waals surface area contributed by atoms with Gasteiger partial charge in [0, 0.05) is 25.3 Å². The molecule has 4 aliphatic rings. The average Bonchev–Trinajstić information content (AvgIpc) is 3.32. The number of rotatable bonds is 8. The summed E-state index contributed by atoms with van der Waals surface area (Å²) in [6.07, 6.45) is 6.80. The molecular formula is C34H39N3O6. The minimum absolute atomic E-state index is 0.131. The molecule has 2 aromatic carbocycles. The van der Waals surface area contributed by atoms with E-state index in [9.17, 15) is 19.5 Å². The number of hydrogen-bond donors (Lipinski definition) is 1. The SMILES string of the molecule is CCOc1ccc(N2CC=C[C@@H]3O[C@]45C=CCN(Cc6ccccc6)C(=O)C4N([C@@H](CO)C(C)C)C(=O)[C@@H]5[C@@H]3C2=O)cc1. The van der Waals surface area contributed by atoms with Crippen molar-refractivity contribution in [2.24, 2.45) is 17.8 Å². The first-order valence-electron chi connectivity index (χ1n) is 15.1. The number of anilines is 1.